The summed E-state index contributed by atoms with van der Waals surface area (Å²) in [5.74, 6) is 0. The molecule has 5 heavy (non-hydrogen) atoms. The molecule has 0 amide bonds. The normalized spacial score (nSPS) is 5.00. The van der Waals surface area contributed by atoms with Crippen LogP contribution in [0.1, 0.15) is 0 Å². The van der Waals surface area contributed by atoms with Crippen LogP contribution in [0, 0.1) is 0 Å². The van der Waals surface area contributed by atoms with Gasteiger partial charge in [-0.15, -0.1) is 0 Å². The first-order valence-electron chi connectivity index (χ1n) is 0.565. The molecule has 0 saturated carbocycles. The summed E-state index contributed by atoms with van der Waals surface area (Å²) >= 11 is 0.466. The predicted octanol–water partition coefficient (Wildman–Crippen LogP) is 0.240. The van der Waals surface area contributed by atoms with Gasteiger partial charge in [-0.25, -0.2) is 0 Å². The van der Waals surface area contributed by atoms with Crippen LogP contribution in [0.5, 0.6) is 0 Å². The number of hydrogen-bond donors (Lipinski definition) is 0. The van der Waals surface area contributed by atoms with Crippen molar-refractivity contribution in [1.82, 2.24) is 0 Å². The van der Waals surface area contributed by atoms with Crippen LogP contribution >= 0.6 is 4.97 Å². The second-order valence-corrected chi connectivity index (χ2v) is 4.52. The van der Waals surface area contributed by atoms with Crippen molar-refractivity contribution in [2.75, 3.05) is 0 Å². The van der Waals surface area contributed by atoms with Crippen molar-refractivity contribution in [3.63, 3.8) is 0 Å². The molecule has 0 saturated heterocycles. The zero-order valence-electron chi connectivity index (χ0n) is 2.12. The van der Waals surface area contributed by atoms with Crippen LogP contribution < -0.4 is 0 Å². The molecule has 0 atom stereocenters. The van der Waals surface area contributed by atoms with Crippen LogP contribution in [-0.4, -0.2) is 24.1 Å². The van der Waals surface area contributed by atoms with Gasteiger partial charge in [0.25, 0.3) is 0 Å². The molecule has 2 radical (unpaired) electrons. The Bertz CT molecular complexity index is 58.0. The van der Waals surface area contributed by atoms with E-state index in [0.29, 0.717) is 24.1 Å². The zero-order valence-corrected chi connectivity index (χ0v) is 8.50. The van der Waals surface area contributed by atoms with Crippen molar-refractivity contribution in [2.24, 2.45) is 0 Å². The maximum atomic E-state index is 9.09. The molecular formula is BiMoO2P. The Hall–Kier alpha value is 1.47. The Kier molecular flexibility index (Phi) is 10.6. The molecular weight excluding hydrogens is 368 g/mol. The summed E-state index contributed by atoms with van der Waals surface area (Å²) in [5.41, 5.74) is 0. The van der Waals surface area contributed by atoms with Gasteiger partial charge >= 0.3 is 38.2 Å². The summed E-state index contributed by atoms with van der Waals surface area (Å²) in [6, 6.07) is 0. The SMILES string of the molecule is O=[P](=O)[Bi].[Mo]. The zero-order chi connectivity index (χ0) is 3.58. The Balaban J connectivity index is 0. The third-order valence-corrected chi connectivity index (χ3v) is 0. The first-order chi connectivity index (χ1) is 1.73. The summed E-state index contributed by atoms with van der Waals surface area (Å²) < 4.78 is 18.2. The molecule has 0 aliphatic rings. The van der Waals surface area contributed by atoms with E-state index in [2.05, 4.69) is 0 Å². The maximum Gasteiger partial charge on any atom is 0 e. The molecule has 0 heterocycles. The van der Waals surface area contributed by atoms with Crippen molar-refractivity contribution < 1.29 is 30.2 Å². The Morgan fingerprint density at radius 2 is 1.40 bits per heavy atom. The topological polar surface area (TPSA) is 34.1 Å². The van der Waals surface area contributed by atoms with Crippen molar-refractivity contribution >= 4 is 29.1 Å². The molecule has 0 aliphatic heterocycles. The molecule has 0 aromatic carbocycles. The Morgan fingerprint density at radius 3 is 1.40 bits per heavy atom. The molecule has 0 rings (SSSR count). The number of hydrogen-bond acceptors (Lipinski definition) is 2. The minimum absolute atomic E-state index is 0. The van der Waals surface area contributed by atoms with Crippen LogP contribution in [0.15, 0.2) is 0 Å². The Labute approximate surface area is 58.9 Å². The molecule has 0 aliphatic carbocycles. The maximum absolute atomic E-state index is 9.09. The molecule has 0 spiro atoms. The van der Waals surface area contributed by atoms with Crippen LogP contribution in [0.3, 0.4) is 0 Å². The van der Waals surface area contributed by atoms with E-state index in [1.54, 1.807) is 0 Å². The van der Waals surface area contributed by atoms with Crippen LogP contribution in [-0.2, 0) is 30.2 Å². The third-order valence-electron chi connectivity index (χ3n) is 0. The quantitative estimate of drug-likeness (QED) is 0.454. The smallest absolute Gasteiger partial charge is 0 e. The molecule has 28 valence electrons. The second-order valence-electron chi connectivity index (χ2n) is 0.238. The monoisotopic (exact) mass is 370 g/mol. The molecule has 0 bridgehead atoms. The van der Waals surface area contributed by atoms with Crippen LogP contribution in [0.4, 0.5) is 0 Å². The van der Waals surface area contributed by atoms with Crippen molar-refractivity contribution in [3.05, 3.63) is 0 Å². The second kappa shape index (κ2) is 5.47. The van der Waals surface area contributed by atoms with E-state index in [4.69, 9.17) is 9.13 Å². The molecule has 5 heteroatoms. The molecule has 2 nitrogen and oxygen atoms in total. The minimum Gasteiger partial charge on any atom is 0 e. The van der Waals surface area contributed by atoms with Gasteiger partial charge in [-0.2, -0.15) is 0 Å². The molecule has 0 unspecified atom stereocenters. The van der Waals surface area contributed by atoms with E-state index in [9.17, 15) is 0 Å². The van der Waals surface area contributed by atoms with E-state index in [1.165, 1.54) is 0 Å². The fourth-order valence-corrected chi connectivity index (χ4v) is 0. The van der Waals surface area contributed by atoms with Gasteiger partial charge in [-0.1, -0.05) is 0 Å². The standard InChI is InChI=1S/Bi.Mo.O2P/c;;1-3-2. The van der Waals surface area contributed by atoms with Gasteiger partial charge in [-0.3, -0.25) is 0 Å². The summed E-state index contributed by atoms with van der Waals surface area (Å²) in [4.78, 5) is -2.01. The van der Waals surface area contributed by atoms with Gasteiger partial charge in [0.1, 0.15) is 0 Å². The van der Waals surface area contributed by atoms with E-state index in [-0.39, 0.29) is 21.1 Å². The molecule has 0 aromatic heterocycles. The average molecular weight is 368 g/mol. The van der Waals surface area contributed by atoms with E-state index < -0.39 is 4.97 Å². The van der Waals surface area contributed by atoms with Gasteiger partial charge in [0, 0.05) is 21.1 Å². The fraction of sp³-hybridized carbons (Fsp3) is 0. The summed E-state index contributed by atoms with van der Waals surface area (Å²) in [6.07, 6.45) is 0. The van der Waals surface area contributed by atoms with Gasteiger partial charge in [-0.05, 0) is 0 Å². The van der Waals surface area contributed by atoms with Crippen molar-refractivity contribution in [1.29, 1.82) is 0 Å². The molecule has 0 aromatic rings. The van der Waals surface area contributed by atoms with E-state index >= 15 is 0 Å². The van der Waals surface area contributed by atoms with Crippen LogP contribution in [0.2, 0.25) is 0 Å². The Morgan fingerprint density at radius 1 is 1.40 bits per heavy atom. The van der Waals surface area contributed by atoms with Gasteiger partial charge < -0.3 is 0 Å². The van der Waals surface area contributed by atoms with Crippen LogP contribution in [0.25, 0.3) is 0 Å². The van der Waals surface area contributed by atoms with Crippen molar-refractivity contribution in [3.8, 4) is 0 Å². The van der Waals surface area contributed by atoms with E-state index in [1.807, 2.05) is 0 Å². The molecule has 0 N–H and O–H groups in total. The number of rotatable bonds is 0. The summed E-state index contributed by atoms with van der Waals surface area (Å²) in [6.45, 7) is 0. The fourth-order valence-electron chi connectivity index (χ4n) is 0. The summed E-state index contributed by atoms with van der Waals surface area (Å²) in [5, 5.41) is 0. The van der Waals surface area contributed by atoms with Gasteiger partial charge in [0.05, 0.1) is 0 Å². The first kappa shape index (κ1) is 9.69. The largest absolute Gasteiger partial charge is 0 e. The average Bonchev–Trinajstić information content (AvgIpc) is 0.811. The van der Waals surface area contributed by atoms with Gasteiger partial charge in [0.2, 0.25) is 0 Å². The van der Waals surface area contributed by atoms with E-state index in [0.717, 1.165) is 0 Å². The first-order valence-corrected chi connectivity index (χ1v) is 6.36. The predicted molar refractivity (Wildman–Crippen MR) is 14.0 cm³/mol. The summed E-state index contributed by atoms with van der Waals surface area (Å²) in [7, 11) is 0. The van der Waals surface area contributed by atoms with Gasteiger partial charge in [0.15, 0.2) is 0 Å². The van der Waals surface area contributed by atoms with Crippen molar-refractivity contribution in [2.45, 2.75) is 0 Å². The third kappa shape index (κ3) is 30.5. The molecule has 0 fully saturated rings. The minimum atomic E-state index is -2.01.